The van der Waals surface area contributed by atoms with Crippen LogP contribution in [0.5, 0.6) is 5.75 Å². The third-order valence-corrected chi connectivity index (χ3v) is 3.04. The van der Waals surface area contributed by atoms with E-state index in [4.69, 9.17) is 4.74 Å². The molecule has 2 amide bonds. The molecule has 0 saturated carbocycles. The molecule has 21 heavy (non-hydrogen) atoms. The van der Waals surface area contributed by atoms with Crippen LogP contribution in [0.25, 0.3) is 0 Å². The maximum atomic E-state index is 11.7. The van der Waals surface area contributed by atoms with Crippen LogP contribution in [0.3, 0.4) is 0 Å². The van der Waals surface area contributed by atoms with E-state index in [9.17, 15) is 19.7 Å². The Morgan fingerprint density at radius 2 is 2.24 bits per heavy atom. The summed E-state index contributed by atoms with van der Waals surface area (Å²) < 4.78 is 5.24. The summed E-state index contributed by atoms with van der Waals surface area (Å²) >= 11 is 0. The first-order valence-electron chi connectivity index (χ1n) is 6.52. The Kier molecular flexibility index (Phi) is 4.36. The molecule has 1 aliphatic rings. The SMILES string of the molecule is CCOc1cc(NC2CCC(=O)NC2=O)ccc1[N+](=O)[O-]. The van der Waals surface area contributed by atoms with Gasteiger partial charge in [-0.15, -0.1) is 0 Å². The first-order chi connectivity index (χ1) is 10.0. The Morgan fingerprint density at radius 1 is 1.48 bits per heavy atom. The van der Waals surface area contributed by atoms with Crippen LogP contribution in [0, 0.1) is 10.1 Å². The number of nitro benzene ring substituents is 1. The smallest absolute Gasteiger partial charge is 0.311 e. The van der Waals surface area contributed by atoms with Gasteiger partial charge in [0.05, 0.1) is 11.5 Å². The van der Waals surface area contributed by atoms with Crippen LogP contribution in [-0.4, -0.2) is 29.4 Å². The summed E-state index contributed by atoms with van der Waals surface area (Å²) in [6.45, 7) is 2.02. The molecule has 0 aromatic heterocycles. The third kappa shape index (κ3) is 3.47. The second-order valence-electron chi connectivity index (χ2n) is 4.52. The highest BCUT2D eigenvalue weighted by molar-refractivity contribution is 6.01. The number of carbonyl (C=O) groups excluding carboxylic acids is 2. The number of amides is 2. The van der Waals surface area contributed by atoms with E-state index in [0.717, 1.165) is 0 Å². The van der Waals surface area contributed by atoms with Crippen LogP contribution in [0.1, 0.15) is 19.8 Å². The lowest BCUT2D eigenvalue weighted by Crippen LogP contribution is -2.47. The first-order valence-corrected chi connectivity index (χ1v) is 6.52. The van der Waals surface area contributed by atoms with Crippen molar-refractivity contribution in [3.8, 4) is 5.75 Å². The van der Waals surface area contributed by atoms with Crippen molar-refractivity contribution >= 4 is 23.2 Å². The molecule has 0 spiro atoms. The second kappa shape index (κ2) is 6.21. The van der Waals surface area contributed by atoms with E-state index in [1.807, 2.05) is 0 Å². The number of nitrogens with one attached hydrogen (secondary N) is 2. The molecule has 2 rings (SSSR count). The van der Waals surface area contributed by atoms with Gasteiger partial charge >= 0.3 is 5.69 Å². The molecule has 1 fully saturated rings. The zero-order chi connectivity index (χ0) is 15.4. The lowest BCUT2D eigenvalue weighted by molar-refractivity contribution is -0.385. The molecule has 112 valence electrons. The number of rotatable bonds is 5. The molecule has 1 aromatic rings. The normalized spacial score (nSPS) is 18.0. The summed E-state index contributed by atoms with van der Waals surface area (Å²) in [5.74, 6) is -0.556. The third-order valence-electron chi connectivity index (χ3n) is 3.04. The Hall–Kier alpha value is -2.64. The lowest BCUT2D eigenvalue weighted by atomic mass is 10.1. The number of ether oxygens (including phenoxy) is 1. The number of carbonyl (C=O) groups is 2. The van der Waals surface area contributed by atoms with Crippen molar-refractivity contribution in [2.45, 2.75) is 25.8 Å². The van der Waals surface area contributed by atoms with Crippen LogP contribution >= 0.6 is 0 Å². The van der Waals surface area contributed by atoms with E-state index in [1.165, 1.54) is 18.2 Å². The van der Waals surface area contributed by atoms with E-state index in [-0.39, 0.29) is 23.8 Å². The van der Waals surface area contributed by atoms with Crippen molar-refractivity contribution < 1.29 is 19.2 Å². The molecule has 8 heteroatoms. The second-order valence-corrected chi connectivity index (χ2v) is 4.52. The van der Waals surface area contributed by atoms with Gasteiger partial charge in [-0.1, -0.05) is 0 Å². The molecular weight excluding hydrogens is 278 g/mol. The highest BCUT2D eigenvalue weighted by atomic mass is 16.6. The van der Waals surface area contributed by atoms with Gasteiger partial charge in [0.15, 0.2) is 5.75 Å². The van der Waals surface area contributed by atoms with E-state index in [0.29, 0.717) is 18.7 Å². The maximum absolute atomic E-state index is 11.7. The minimum Gasteiger partial charge on any atom is -0.487 e. The molecule has 1 heterocycles. The highest BCUT2D eigenvalue weighted by Gasteiger charge is 2.27. The molecular formula is C13H15N3O5. The summed E-state index contributed by atoms with van der Waals surface area (Å²) in [7, 11) is 0. The summed E-state index contributed by atoms with van der Waals surface area (Å²) in [5, 5.41) is 16.1. The van der Waals surface area contributed by atoms with Crippen molar-refractivity contribution in [1.29, 1.82) is 0 Å². The Balaban J connectivity index is 2.17. The first kappa shape index (κ1) is 14.8. The molecule has 0 radical (unpaired) electrons. The average Bonchev–Trinajstić information content (AvgIpc) is 2.42. The minimum absolute atomic E-state index is 0.134. The van der Waals surface area contributed by atoms with E-state index in [1.54, 1.807) is 6.92 Å². The van der Waals surface area contributed by atoms with Gasteiger partial charge in [-0.05, 0) is 19.4 Å². The monoisotopic (exact) mass is 293 g/mol. The highest BCUT2D eigenvalue weighted by Crippen LogP contribution is 2.30. The zero-order valence-electron chi connectivity index (χ0n) is 11.4. The fourth-order valence-electron chi connectivity index (χ4n) is 2.06. The molecule has 0 bridgehead atoms. The van der Waals surface area contributed by atoms with Gasteiger partial charge in [0, 0.05) is 24.2 Å². The summed E-state index contributed by atoms with van der Waals surface area (Å²) in [6.07, 6.45) is 0.639. The molecule has 1 saturated heterocycles. The van der Waals surface area contributed by atoms with Gasteiger partial charge in [-0.3, -0.25) is 25.0 Å². The fraction of sp³-hybridized carbons (Fsp3) is 0.385. The number of imide groups is 1. The number of anilines is 1. The average molecular weight is 293 g/mol. The van der Waals surface area contributed by atoms with Crippen LogP contribution in [0.4, 0.5) is 11.4 Å². The van der Waals surface area contributed by atoms with Gasteiger partial charge in [0.25, 0.3) is 0 Å². The van der Waals surface area contributed by atoms with Gasteiger partial charge in [0.2, 0.25) is 11.8 Å². The molecule has 1 unspecified atom stereocenters. The Labute approximate surface area is 120 Å². The summed E-state index contributed by atoms with van der Waals surface area (Å²) in [5.41, 5.74) is 0.393. The van der Waals surface area contributed by atoms with Crippen molar-refractivity contribution in [2.24, 2.45) is 0 Å². The van der Waals surface area contributed by atoms with Crippen LogP contribution < -0.4 is 15.4 Å². The van der Waals surface area contributed by atoms with Crippen LogP contribution in [0.15, 0.2) is 18.2 Å². The predicted octanol–water partition coefficient (Wildman–Crippen LogP) is 1.21. The van der Waals surface area contributed by atoms with E-state index < -0.39 is 16.9 Å². The standard InChI is InChI=1S/C13H15N3O5/c1-2-21-11-7-8(3-5-10(11)16(19)20)14-9-4-6-12(17)15-13(9)18/h3,5,7,9,14H,2,4,6H2,1H3,(H,15,17,18). The van der Waals surface area contributed by atoms with Gasteiger partial charge in [-0.25, -0.2) is 0 Å². The number of nitrogens with zero attached hydrogens (tertiary/aromatic N) is 1. The quantitative estimate of drug-likeness (QED) is 0.479. The minimum atomic E-state index is -0.543. The number of hydrogen-bond donors (Lipinski definition) is 2. The van der Waals surface area contributed by atoms with Crippen LogP contribution in [-0.2, 0) is 9.59 Å². The maximum Gasteiger partial charge on any atom is 0.311 e. The lowest BCUT2D eigenvalue weighted by Gasteiger charge is -2.22. The Bertz CT molecular complexity index is 587. The summed E-state index contributed by atoms with van der Waals surface area (Å²) in [6, 6.07) is 3.76. The van der Waals surface area contributed by atoms with Crippen molar-refractivity contribution in [3.05, 3.63) is 28.3 Å². The number of hydrogen-bond acceptors (Lipinski definition) is 6. The molecule has 2 N–H and O–H groups in total. The number of nitro groups is 1. The Morgan fingerprint density at radius 3 is 2.86 bits per heavy atom. The van der Waals surface area contributed by atoms with Crippen molar-refractivity contribution in [1.82, 2.24) is 5.32 Å². The number of benzene rings is 1. The number of piperidine rings is 1. The van der Waals surface area contributed by atoms with Gasteiger partial charge in [-0.2, -0.15) is 0 Å². The summed E-state index contributed by atoms with van der Waals surface area (Å²) in [4.78, 5) is 33.1. The molecule has 8 nitrogen and oxygen atoms in total. The largest absolute Gasteiger partial charge is 0.487 e. The zero-order valence-corrected chi connectivity index (χ0v) is 11.4. The van der Waals surface area contributed by atoms with E-state index in [2.05, 4.69) is 10.6 Å². The van der Waals surface area contributed by atoms with Crippen molar-refractivity contribution in [3.63, 3.8) is 0 Å². The van der Waals surface area contributed by atoms with E-state index >= 15 is 0 Å². The molecule has 1 aliphatic heterocycles. The van der Waals surface area contributed by atoms with Crippen LogP contribution in [0.2, 0.25) is 0 Å². The topological polar surface area (TPSA) is 111 Å². The molecule has 1 atom stereocenters. The van der Waals surface area contributed by atoms with Crippen molar-refractivity contribution in [2.75, 3.05) is 11.9 Å². The molecule has 1 aromatic carbocycles. The fourth-order valence-corrected chi connectivity index (χ4v) is 2.06. The predicted molar refractivity (Wildman–Crippen MR) is 74.1 cm³/mol. The van der Waals surface area contributed by atoms with Gasteiger partial charge in [0.1, 0.15) is 6.04 Å². The van der Waals surface area contributed by atoms with Gasteiger partial charge < -0.3 is 10.1 Å². The molecule has 0 aliphatic carbocycles.